The van der Waals surface area contributed by atoms with Gasteiger partial charge in [0.1, 0.15) is 18.1 Å². The average Bonchev–Trinajstić information content (AvgIpc) is 3.04. The molecule has 1 fully saturated rings. The van der Waals surface area contributed by atoms with Crippen molar-refractivity contribution in [2.24, 2.45) is 0 Å². The van der Waals surface area contributed by atoms with Crippen molar-refractivity contribution in [3.05, 3.63) is 65.5 Å². The molecule has 1 saturated heterocycles. The van der Waals surface area contributed by atoms with Crippen LogP contribution in [-0.4, -0.2) is 66.1 Å². The number of benzene rings is 2. The van der Waals surface area contributed by atoms with E-state index >= 15 is 0 Å². The number of aromatic nitrogens is 2. The minimum atomic E-state index is -3.26. The van der Waals surface area contributed by atoms with Crippen molar-refractivity contribution in [1.29, 1.82) is 0 Å². The molecule has 31 heavy (non-hydrogen) atoms. The molecule has 0 saturated carbocycles. The Kier molecular flexibility index (Phi) is 6.11. The van der Waals surface area contributed by atoms with Crippen LogP contribution in [0.2, 0.25) is 0 Å². The van der Waals surface area contributed by atoms with Gasteiger partial charge in [0.05, 0.1) is 11.0 Å². The number of carbonyl (C=O) groups is 1. The summed E-state index contributed by atoms with van der Waals surface area (Å²) in [5.41, 5.74) is 4.03. The molecule has 3 aromatic rings. The van der Waals surface area contributed by atoms with Gasteiger partial charge in [-0.15, -0.1) is 0 Å². The van der Waals surface area contributed by atoms with Crippen LogP contribution in [0.1, 0.15) is 17.0 Å². The summed E-state index contributed by atoms with van der Waals surface area (Å²) in [6.45, 7) is 6.05. The van der Waals surface area contributed by atoms with Crippen LogP contribution >= 0.6 is 0 Å². The Bertz CT molecular complexity index is 1190. The van der Waals surface area contributed by atoms with Crippen molar-refractivity contribution < 1.29 is 13.2 Å². The molecule has 2 aromatic carbocycles. The van der Waals surface area contributed by atoms with Gasteiger partial charge in [-0.25, -0.2) is 13.4 Å². The lowest BCUT2D eigenvalue weighted by Gasteiger charge is -2.35. The fourth-order valence-electron chi connectivity index (χ4n) is 4.11. The number of rotatable bonds is 6. The second-order valence-corrected chi connectivity index (χ2v) is 10.5. The lowest BCUT2D eigenvalue weighted by Crippen LogP contribution is -2.49. The highest BCUT2D eigenvalue weighted by Gasteiger charge is 2.24. The van der Waals surface area contributed by atoms with Gasteiger partial charge in [0.2, 0.25) is 5.91 Å². The van der Waals surface area contributed by atoms with E-state index < -0.39 is 9.84 Å². The highest BCUT2D eigenvalue weighted by molar-refractivity contribution is 7.89. The number of sulfone groups is 1. The van der Waals surface area contributed by atoms with Gasteiger partial charge in [-0.05, 0) is 24.6 Å². The summed E-state index contributed by atoms with van der Waals surface area (Å²) in [7, 11) is -3.26. The van der Waals surface area contributed by atoms with Crippen molar-refractivity contribution in [2.45, 2.75) is 25.8 Å². The maximum atomic E-state index is 13.0. The van der Waals surface area contributed by atoms with Gasteiger partial charge >= 0.3 is 0 Å². The first-order valence-corrected chi connectivity index (χ1v) is 12.5. The van der Waals surface area contributed by atoms with Crippen LogP contribution in [0, 0.1) is 6.92 Å². The van der Waals surface area contributed by atoms with E-state index in [1.54, 1.807) is 4.57 Å². The second-order valence-electron chi connectivity index (χ2n) is 8.32. The van der Waals surface area contributed by atoms with Crippen LogP contribution in [0.4, 0.5) is 0 Å². The maximum absolute atomic E-state index is 13.0. The predicted molar refractivity (Wildman–Crippen MR) is 121 cm³/mol. The van der Waals surface area contributed by atoms with Crippen LogP contribution in [0.5, 0.6) is 0 Å². The lowest BCUT2D eigenvalue weighted by molar-refractivity contribution is -0.133. The molecule has 164 valence electrons. The first kappa shape index (κ1) is 21.5. The second kappa shape index (κ2) is 8.80. The third-order valence-electron chi connectivity index (χ3n) is 5.63. The van der Waals surface area contributed by atoms with E-state index in [2.05, 4.69) is 41.1 Å². The zero-order chi connectivity index (χ0) is 22.0. The van der Waals surface area contributed by atoms with Crippen LogP contribution in [-0.2, 0) is 33.5 Å². The summed E-state index contributed by atoms with van der Waals surface area (Å²) < 4.78 is 25.5. The molecular weight excluding hydrogens is 412 g/mol. The Hall–Kier alpha value is -2.71. The third kappa shape index (κ3) is 5.32. The Labute approximate surface area is 183 Å². The van der Waals surface area contributed by atoms with Crippen LogP contribution in [0.25, 0.3) is 11.0 Å². The molecule has 7 nitrogen and oxygen atoms in total. The van der Waals surface area contributed by atoms with Crippen molar-refractivity contribution >= 4 is 26.8 Å². The average molecular weight is 441 g/mol. The van der Waals surface area contributed by atoms with Crippen LogP contribution in [0.3, 0.4) is 0 Å². The number of piperazine rings is 1. The smallest absolute Gasteiger partial charge is 0.242 e. The fraction of sp³-hybridized carbons (Fsp3) is 0.391. The van der Waals surface area contributed by atoms with E-state index in [0.717, 1.165) is 25.2 Å². The quantitative estimate of drug-likeness (QED) is 0.588. The van der Waals surface area contributed by atoms with E-state index in [4.69, 9.17) is 0 Å². The van der Waals surface area contributed by atoms with Gasteiger partial charge in [0.25, 0.3) is 0 Å². The molecule has 0 unspecified atom stereocenters. The van der Waals surface area contributed by atoms with Gasteiger partial charge in [-0.2, -0.15) is 0 Å². The predicted octanol–water partition coefficient (Wildman–Crippen LogP) is 2.23. The molecule has 0 atom stereocenters. The lowest BCUT2D eigenvalue weighted by atomic mass is 10.1. The van der Waals surface area contributed by atoms with Gasteiger partial charge < -0.3 is 9.47 Å². The number of para-hydroxylation sites is 2. The first-order chi connectivity index (χ1) is 14.8. The Morgan fingerprint density at radius 1 is 1.03 bits per heavy atom. The Balaban J connectivity index is 1.43. The summed E-state index contributed by atoms with van der Waals surface area (Å²) in [5, 5.41) is 0. The molecular formula is C23H28N4O3S. The maximum Gasteiger partial charge on any atom is 0.242 e. The number of fused-ring (bicyclic) bond motifs is 1. The highest BCUT2D eigenvalue weighted by Crippen LogP contribution is 2.19. The van der Waals surface area contributed by atoms with E-state index in [0.29, 0.717) is 24.4 Å². The normalized spacial score (nSPS) is 15.5. The standard InChI is InChI=1S/C23H28N4O3S/c1-18-6-5-7-19(14-18)15-25-10-12-26(13-11-25)23(28)16-27-21-9-4-3-8-20(21)24-22(27)17-31(2,29)30/h3-9,14H,10-13,15-17H2,1-2H3. The number of amides is 1. The van der Waals surface area contributed by atoms with Crippen molar-refractivity contribution in [3.63, 3.8) is 0 Å². The monoisotopic (exact) mass is 440 g/mol. The largest absolute Gasteiger partial charge is 0.339 e. The number of hydrogen-bond donors (Lipinski definition) is 0. The number of nitrogens with zero attached hydrogens (tertiary/aromatic N) is 4. The number of hydrogen-bond acceptors (Lipinski definition) is 5. The van der Waals surface area contributed by atoms with E-state index in [1.807, 2.05) is 29.2 Å². The number of imidazole rings is 1. The number of carbonyl (C=O) groups excluding carboxylic acids is 1. The molecule has 4 rings (SSSR count). The van der Waals surface area contributed by atoms with Crippen LogP contribution < -0.4 is 0 Å². The minimum absolute atomic E-state index is 0.00638. The minimum Gasteiger partial charge on any atom is -0.339 e. The summed E-state index contributed by atoms with van der Waals surface area (Å²) in [6.07, 6.45) is 1.19. The molecule has 1 aliphatic rings. The Morgan fingerprint density at radius 3 is 2.48 bits per heavy atom. The SMILES string of the molecule is Cc1cccc(CN2CCN(C(=O)Cn3c(CS(C)(=O)=O)nc4ccccc43)CC2)c1. The van der Waals surface area contributed by atoms with E-state index in [1.165, 1.54) is 17.4 Å². The molecule has 0 spiro atoms. The molecule has 8 heteroatoms. The highest BCUT2D eigenvalue weighted by atomic mass is 32.2. The van der Waals surface area contributed by atoms with Gasteiger partial charge in [-0.1, -0.05) is 42.0 Å². The van der Waals surface area contributed by atoms with Gasteiger partial charge in [0.15, 0.2) is 9.84 Å². The summed E-state index contributed by atoms with van der Waals surface area (Å²) in [6, 6.07) is 16.0. The molecule has 0 aliphatic carbocycles. The summed E-state index contributed by atoms with van der Waals surface area (Å²) in [4.78, 5) is 21.7. The molecule has 0 radical (unpaired) electrons. The zero-order valence-electron chi connectivity index (χ0n) is 18.0. The topological polar surface area (TPSA) is 75.5 Å². The van der Waals surface area contributed by atoms with Crippen molar-refractivity contribution in [3.8, 4) is 0 Å². The van der Waals surface area contributed by atoms with E-state index in [-0.39, 0.29) is 18.2 Å². The number of aryl methyl sites for hydroxylation is 1. The van der Waals surface area contributed by atoms with Gasteiger partial charge in [-0.3, -0.25) is 9.69 Å². The molecule has 1 aromatic heterocycles. The van der Waals surface area contributed by atoms with Crippen LogP contribution in [0.15, 0.2) is 48.5 Å². The Morgan fingerprint density at radius 2 is 1.77 bits per heavy atom. The molecule has 1 aliphatic heterocycles. The van der Waals surface area contributed by atoms with Gasteiger partial charge in [0, 0.05) is 39.0 Å². The molecule has 0 bridgehead atoms. The summed E-state index contributed by atoms with van der Waals surface area (Å²) >= 11 is 0. The van der Waals surface area contributed by atoms with Crippen molar-refractivity contribution in [2.75, 3.05) is 32.4 Å². The third-order valence-corrected chi connectivity index (χ3v) is 6.41. The molecule has 1 amide bonds. The molecule has 2 heterocycles. The van der Waals surface area contributed by atoms with Crippen molar-refractivity contribution in [1.82, 2.24) is 19.4 Å². The fourth-order valence-corrected chi connectivity index (χ4v) is 4.80. The zero-order valence-corrected chi connectivity index (χ0v) is 18.8. The molecule has 0 N–H and O–H groups in total. The summed E-state index contributed by atoms with van der Waals surface area (Å²) in [5.74, 6) is 0.224. The van der Waals surface area contributed by atoms with E-state index in [9.17, 15) is 13.2 Å². The first-order valence-electron chi connectivity index (χ1n) is 10.5.